The van der Waals surface area contributed by atoms with Crippen molar-refractivity contribution in [2.75, 3.05) is 5.73 Å². The molecular formula is C9H12N5O4P. The van der Waals surface area contributed by atoms with Gasteiger partial charge in [0, 0.05) is 8.81 Å². The molecule has 0 radical (unpaired) electrons. The van der Waals surface area contributed by atoms with Gasteiger partial charge in [0.1, 0.15) is 29.9 Å². The SMILES string of the molecule is Nc1ncnc2c1ncn2[C@@H]1O[C@H](PO)[C@@H](O)[C@H]1O. The highest BCUT2D eigenvalue weighted by molar-refractivity contribution is 7.31. The number of aromatic nitrogens is 4. The van der Waals surface area contributed by atoms with E-state index in [9.17, 15) is 10.2 Å². The number of ether oxygens (including phenoxy) is 1. The van der Waals surface area contributed by atoms with Crippen molar-refractivity contribution in [1.29, 1.82) is 0 Å². The summed E-state index contributed by atoms with van der Waals surface area (Å²) in [5.41, 5.74) is 6.45. The van der Waals surface area contributed by atoms with Crippen LogP contribution in [0.1, 0.15) is 6.23 Å². The van der Waals surface area contributed by atoms with Crippen LogP contribution in [0.15, 0.2) is 12.7 Å². The second-order valence-corrected chi connectivity index (χ2v) is 4.97. The minimum absolute atomic E-state index is 0.220. The van der Waals surface area contributed by atoms with Crippen molar-refractivity contribution >= 4 is 25.8 Å². The lowest BCUT2D eigenvalue weighted by Crippen LogP contribution is -2.29. The fraction of sp³-hybridized carbons (Fsp3) is 0.444. The highest BCUT2D eigenvalue weighted by atomic mass is 31.1. The maximum absolute atomic E-state index is 9.95. The molecule has 1 aliphatic rings. The third kappa shape index (κ3) is 1.87. The topological polar surface area (TPSA) is 140 Å². The number of aliphatic hydroxyl groups is 2. The number of imidazole rings is 1. The van der Waals surface area contributed by atoms with Gasteiger partial charge in [0.25, 0.3) is 0 Å². The molecule has 3 heterocycles. The minimum Gasteiger partial charge on any atom is -0.387 e. The molecule has 9 nitrogen and oxygen atoms in total. The van der Waals surface area contributed by atoms with Crippen molar-refractivity contribution in [3.8, 4) is 0 Å². The van der Waals surface area contributed by atoms with Gasteiger partial charge >= 0.3 is 0 Å². The molecule has 0 aromatic carbocycles. The molecule has 0 amide bonds. The number of fused-ring (bicyclic) bond motifs is 1. The third-order valence-electron chi connectivity index (χ3n) is 3.03. The molecule has 0 spiro atoms. The molecule has 2 aromatic heterocycles. The van der Waals surface area contributed by atoms with E-state index in [4.69, 9.17) is 15.4 Å². The van der Waals surface area contributed by atoms with Gasteiger partial charge in [-0.2, -0.15) is 0 Å². The lowest BCUT2D eigenvalue weighted by molar-refractivity contribution is -0.0201. The standard InChI is InChI=1S/C9H12N5O4P/c10-6-3-7(12-1-11-6)14(2-13-3)8-4(15)5(16)9(18-8)19-17/h1-2,4-5,8-9,15-17,19H,(H2,10,11,12)/t4-,5+,8-,9-/m1/s1. The van der Waals surface area contributed by atoms with E-state index in [2.05, 4.69) is 15.0 Å². The highest BCUT2D eigenvalue weighted by Crippen LogP contribution is 2.37. The molecule has 102 valence electrons. The van der Waals surface area contributed by atoms with E-state index in [1.807, 2.05) is 0 Å². The average molecular weight is 285 g/mol. The number of nitrogens with two attached hydrogens (primary N) is 1. The Morgan fingerprint density at radius 3 is 2.74 bits per heavy atom. The monoisotopic (exact) mass is 285 g/mol. The first-order valence-corrected chi connectivity index (χ1v) is 6.50. The van der Waals surface area contributed by atoms with Crippen LogP contribution in [0, 0.1) is 0 Å². The lowest BCUT2D eigenvalue weighted by atomic mass is 10.2. The van der Waals surface area contributed by atoms with Gasteiger partial charge in [0.2, 0.25) is 0 Å². The number of rotatable bonds is 2. The molecule has 0 saturated carbocycles. The van der Waals surface area contributed by atoms with Gasteiger partial charge in [0.15, 0.2) is 17.7 Å². The number of hydrogen-bond acceptors (Lipinski definition) is 8. The van der Waals surface area contributed by atoms with Crippen LogP contribution in [-0.4, -0.2) is 52.7 Å². The summed E-state index contributed by atoms with van der Waals surface area (Å²) in [5, 5.41) is 19.7. The predicted octanol–water partition coefficient (Wildman–Crippen LogP) is -1.43. The number of nitrogens with zero attached hydrogens (tertiary/aromatic N) is 4. The molecular weight excluding hydrogens is 273 g/mol. The molecule has 1 unspecified atom stereocenters. The van der Waals surface area contributed by atoms with E-state index in [0.29, 0.717) is 11.2 Å². The fourth-order valence-corrected chi connectivity index (χ4v) is 2.60. The second kappa shape index (κ2) is 4.62. The van der Waals surface area contributed by atoms with Crippen LogP contribution in [0.3, 0.4) is 0 Å². The maximum Gasteiger partial charge on any atom is 0.167 e. The lowest BCUT2D eigenvalue weighted by Gasteiger charge is -2.16. The Kier molecular flexibility index (Phi) is 3.08. The summed E-state index contributed by atoms with van der Waals surface area (Å²) >= 11 is 0. The smallest absolute Gasteiger partial charge is 0.167 e. The third-order valence-corrected chi connectivity index (χ3v) is 3.76. The summed E-state index contributed by atoms with van der Waals surface area (Å²) in [6.07, 6.45) is -0.542. The maximum atomic E-state index is 9.95. The van der Waals surface area contributed by atoms with Crippen molar-refractivity contribution in [3.63, 3.8) is 0 Å². The molecule has 1 fully saturated rings. The predicted molar refractivity (Wildman–Crippen MR) is 66.2 cm³/mol. The first-order chi connectivity index (χ1) is 9.13. The van der Waals surface area contributed by atoms with Crippen LogP contribution in [0.25, 0.3) is 11.2 Å². The minimum atomic E-state index is -1.18. The van der Waals surface area contributed by atoms with Crippen LogP contribution < -0.4 is 5.73 Å². The van der Waals surface area contributed by atoms with Gasteiger partial charge in [0.05, 0.1) is 6.33 Å². The first kappa shape index (κ1) is 12.6. The molecule has 0 aliphatic carbocycles. The first-order valence-electron chi connectivity index (χ1n) is 5.47. The van der Waals surface area contributed by atoms with E-state index in [1.165, 1.54) is 17.2 Å². The zero-order chi connectivity index (χ0) is 13.6. The Morgan fingerprint density at radius 2 is 2.05 bits per heavy atom. The molecule has 10 heteroatoms. The molecule has 19 heavy (non-hydrogen) atoms. The van der Waals surface area contributed by atoms with Gasteiger partial charge in [-0.3, -0.25) is 4.57 Å². The largest absolute Gasteiger partial charge is 0.387 e. The van der Waals surface area contributed by atoms with Crippen LogP contribution >= 0.6 is 8.81 Å². The van der Waals surface area contributed by atoms with E-state index in [0.717, 1.165) is 0 Å². The molecule has 5 atom stereocenters. The van der Waals surface area contributed by atoms with Gasteiger partial charge in [-0.25, -0.2) is 15.0 Å². The normalized spacial score (nSPS) is 31.7. The van der Waals surface area contributed by atoms with Crippen LogP contribution in [0.4, 0.5) is 5.82 Å². The molecule has 2 aromatic rings. The van der Waals surface area contributed by atoms with Gasteiger partial charge in [-0.15, -0.1) is 0 Å². The Labute approximate surface area is 108 Å². The van der Waals surface area contributed by atoms with Gasteiger partial charge < -0.3 is 25.6 Å². The van der Waals surface area contributed by atoms with Crippen molar-refractivity contribution in [2.45, 2.75) is 24.3 Å². The van der Waals surface area contributed by atoms with E-state index in [-0.39, 0.29) is 5.82 Å². The summed E-state index contributed by atoms with van der Waals surface area (Å²) in [5.74, 6) is -0.603. The Morgan fingerprint density at radius 1 is 1.26 bits per heavy atom. The average Bonchev–Trinajstić information content (AvgIpc) is 2.94. The number of anilines is 1. The number of hydrogen-bond donors (Lipinski definition) is 4. The van der Waals surface area contributed by atoms with E-state index >= 15 is 0 Å². The quantitative estimate of drug-likeness (QED) is 0.492. The Hall–Kier alpha value is -1.38. The van der Waals surface area contributed by atoms with Crippen molar-refractivity contribution in [2.24, 2.45) is 0 Å². The van der Waals surface area contributed by atoms with Crippen molar-refractivity contribution < 1.29 is 19.8 Å². The number of nitrogen functional groups attached to an aromatic ring is 1. The molecule has 1 saturated heterocycles. The Balaban J connectivity index is 2.04. The zero-order valence-corrected chi connectivity index (χ0v) is 10.6. The number of aliphatic hydroxyl groups excluding tert-OH is 2. The second-order valence-electron chi connectivity index (χ2n) is 4.14. The zero-order valence-electron chi connectivity index (χ0n) is 9.58. The fourth-order valence-electron chi connectivity index (χ4n) is 2.05. The van der Waals surface area contributed by atoms with Gasteiger partial charge in [-0.1, -0.05) is 0 Å². The highest BCUT2D eigenvalue weighted by Gasteiger charge is 2.44. The molecule has 3 rings (SSSR count). The summed E-state index contributed by atoms with van der Waals surface area (Å²) in [6, 6.07) is 0. The van der Waals surface area contributed by atoms with Crippen molar-refractivity contribution in [3.05, 3.63) is 12.7 Å². The summed E-state index contributed by atoms with van der Waals surface area (Å²) in [7, 11) is -0.631. The summed E-state index contributed by atoms with van der Waals surface area (Å²) in [4.78, 5) is 21.0. The van der Waals surface area contributed by atoms with Crippen LogP contribution in [0.5, 0.6) is 0 Å². The summed E-state index contributed by atoms with van der Waals surface area (Å²) in [6.45, 7) is 0. The van der Waals surface area contributed by atoms with E-state index in [1.54, 1.807) is 0 Å². The van der Waals surface area contributed by atoms with Crippen molar-refractivity contribution in [1.82, 2.24) is 19.5 Å². The van der Waals surface area contributed by atoms with Crippen LogP contribution in [0.2, 0.25) is 0 Å². The van der Waals surface area contributed by atoms with Gasteiger partial charge in [-0.05, 0) is 0 Å². The molecule has 1 aliphatic heterocycles. The van der Waals surface area contributed by atoms with Crippen LogP contribution in [-0.2, 0) is 4.74 Å². The molecule has 5 N–H and O–H groups in total. The Bertz CT molecular complexity index is 607. The molecule has 0 bridgehead atoms. The summed E-state index contributed by atoms with van der Waals surface area (Å²) < 4.78 is 6.87. The van der Waals surface area contributed by atoms with E-state index < -0.39 is 33.1 Å².